The summed E-state index contributed by atoms with van der Waals surface area (Å²) in [4.78, 5) is 14.9. The lowest BCUT2D eigenvalue weighted by molar-refractivity contribution is 0.00500. The van der Waals surface area contributed by atoms with E-state index >= 15 is 0 Å². The van der Waals surface area contributed by atoms with Gasteiger partial charge in [-0.05, 0) is 19.9 Å². The summed E-state index contributed by atoms with van der Waals surface area (Å²) < 4.78 is 10.6. The first kappa shape index (κ1) is 14.2. The first-order valence-electron chi connectivity index (χ1n) is 5.52. The third kappa shape index (κ3) is 3.89. The van der Waals surface area contributed by atoms with Crippen LogP contribution in [0.15, 0.2) is 12.3 Å². The highest BCUT2D eigenvalue weighted by Gasteiger charge is 2.18. The maximum Gasteiger partial charge on any atom is 0.341 e. The highest BCUT2D eigenvalue weighted by Crippen LogP contribution is 2.19. The first-order chi connectivity index (χ1) is 8.35. The molecule has 1 heterocycles. The first-order valence-corrected chi connectivity index (χ1v) is 5.52. The van der Waals surface area contributed by atoms with Gasteiger partial charge in [-0.2, -0.15) is 0 Å². The topological polar surface area (TPSA) is 94.7 Å². The highest BCUT2D eigenvalue weighted by atomic mass is 16.5. The fourth-order valence-corrected chi connectivity index (χ4v) is 1.23. The van der Waals surface area contributed by atoms with Crippen molar-refractivity contribution in [2.24, 2.45) is 0 Å². The Labute approximate surface area is 106 Å². The lowest BCUT2D eigenvalue weighted by atomic mass is 10.1. The minimum Gasteiger partial charge on any atom is -0.477 e. The van der Waals surface area contributed by atoms with Crippen LogP contribution in [0.3, 0.4) is 0 Å². The fraction of sp³-hybridized carbons (Fsp3) is 0.500. The molecule has 0 aliphatic carbocycles. The predicted octanol–water partition coefficient (Wildman–Crippen LogP) is 1.56. The van der Waals surface area contributed by atoms with Crippen molar-refractivity contribution in [3.63, 3.8) is 0 Å². The molecule has 0 aliphatic heterocycles. The average molecular weight is 254 g/mol. The van der Waals surface area contributed by atoms with Gasteiger partial charge >= 0.3 is 5.97 Å². The van der Waals surface area contributed by atoms with Crippen LogP contribution in [0.5, 0.6) is 5.88 Å². The molecular formula is C12H18N2O4. The number of anilines is 1. The van der Waals surface area contributed by atoms with E-state index in [4.69, 9.17) is 20.3 Å². The van der Waals surface area contributed by atoms with E-state index in [1.54, 1.807) is 7.11 Å². The number of nitrogen functional groups attached to an aromatic ring is 1. The number of methoxy groups -OCH3 is 1. The molecule has 0 fully saturated rings. The van der Waals surface area contributed by atoms with E-state index in [1.807, 2.05) is 13.8 Å². The number of rotatable bonds is 6. The number of carboxylic acid groups (broad SMARTS) is 1. The molecule has 1 aromatic rings. The fourth-order valence-electron chi connectivity index (χ4n) is 1.23. The molecule has 100 valence electrons. The third-order valence-electron chi connectivity index (χ3n) is 2.60. The molecule has 0 saturated heterocycles. The Balaban J connectivity index is 2.70. The van der Waals surface area contributed by atoms with Gasteiger partial charge in [0.1, 0.15) is 5.56 Å². The van der Waals surface area contributed by atoms with Crippen molar-refractivity contribution in [1.29, 1.82) is 0 Å². The van der Waals surface area contributed by atoms with Gasteiger partial charge in [0.25, 0.3) is 0 Å². The van der Waals surface area contributed by atoms with E-state index in [2.05, 4.69) is 4.98 Å². The zero-order valence-electron chi connectivity index (χ0n) is 10.8. The van der Waals surface area contributed by atoms with Crippen LogP contribution in [-0.2, 0) is 4.74 Å². The number of aromatic carboxylic acids is 1. The van der Waals surface area contributed by atoms with E-state index in [1.165, 1.54) is 12.3 Å². The van der Waals surface area contributed by atoms with E-state index in [-0.39, 0.29) is 22.7 Å². The Kier molecular flexibility index (Phi) is 4.49. The van der Waals surface area contributed by atoms with Crippen molar-refractivity contribution in [3.8, 4) is 5.88 Å². The lowest BCUT2D eigenvalue weighted by Gasteiger charge is -2.22. The van der Waals surface area contributed by atoms with Gasteiger partial charge in [-0.15, -0.1) is 0 Å². The van der Waals surface area contributed by atoms with Gasteiger partial charge in [0.15, 0.2) is 0 Å². The minimum absolute atomic E-state index is 0.0368. The second kappa shape index (κ2) is 5.68. The van der Waals surface area contributed by atoms with Crippen molar-refractivity contribution in [3.05, 3.63) is 17.8 Å². The van der Waals surface area contributed by atoms with Gasteiger partial charge < -0.3 is 20.3 Å². The standard InChI is InChI=1S/C12H18N2O4/c1-12(2,17-3)4-5-18-10-9(11(15)16)6-8(13)7-14-10/h6-7H,4-5,13H2,1-3H3,(H,15,16). The molecule has 0 aliphatic rings. The Morgan fingerprint density at radius 2 is 2.22 bits per heavy atom. The maximum absolute atomic E-state index is 11.0. The van der Waals surface area contributed by atoms with Gasteiger partial charge in [0.2, 0.25) is 5.88 Å². The molecular weight excluding hydrogens is 236 g/mol. The second-order valence-electron chi connectivity index (χ2n) is 4.49. The van der Waals surface area contributed by atoms with Gasteiger partial charge in [-0.1, -0.05) is 0 Å². The molecule has 1 aromatic heterocycles. The summed E-state index contributed by atoms with van der Waals surface area (Å²) in [6, 6.07) is 1.33. The molecule has 6 heteroatoms. The highest BCUT2D eigenvalue weighted by molar-refractivity contribution is 5.91. The summed E-state index contributed by atoms with van der Waals surface area (Å²) in [6.45, 7) is 4.16. The maximum atomic E-state index is 11.0. The predicted molar refractivity (Wildman–Crippen MR) is 66.8 cm³/mol. The van der Waals surface area contributed by atoms with Crippen LogP contribution in [0.4, 0.5) is 5.69 Å². The number of pyridine rings is 1. The van der Waals surface area contributed by atoms with E-state index in [0.29, 0.717) is 13.0 Å². The minimum atomic E-state index is -1.11. The molecule has 0 unspecified atom stereocenters. The summed E-state index contributed by atoms with van der Waals surface area (Å²) in [5.74, 6) is -1.04. The molecule has 3 N–H and O–H groups in total. The van der Waals surface area contributed by atoms with Crippen LogP contribution in [0.1, 0.15) is 30.6 Å². The molecule has 1 rings (SSSR count). The van der Waals surface area contributed by atoms with Crippen molar-refractivity contribution >= 4 is 11.7 Å². The van der Waals surface area contributed by atoms with Gasteiger partial charge in [0, 0.05) is 13.5 Å². The summed E-state index contributed by atoms with van der Waals surface area (Å²) >= 11 is 0. The zero-order chi connectivity index (χ0) is 13.8. The number of aromatic nitrogens is 1. The number of nitrogens with two attached hydrogens (primary N) is 1. The summed E-state index contributed by atoms with van der Waals surface area (Å²) in [5, 5.41) is 9.00. The number of carboxylic acids is 1. The molecule has 0 saturated carbocycles. The van der Waals surface area contributed by atoms with E-state index in [9.17, 15) is 4.79 Å². The molecule has 0 radical (unpaired) electrons. The number of hydrogen-bond acceptors (Lipinski definition) is 5. The largest absolute Gasteiger partial charge is 0.477 e. The molecule has 18 heavy (non-hydrogen) atoms. The normalized spacial score (nSPS) is 11.3. The van der Waals surface area contributed by atoms with Crippen LogP contribution < -0.4 is 10.5 Å². The number of nitrogens with zero attached hydrogens (tertiary/aromatic N) is 1. The third-order valence-corrected chi connectivity index (χ3v) is 2.60. The van der Waals surface area contributed by atoms with Crippen LogP contribution in [0, 0.1) is 0 Å². The van der Waals surface area contributed by atoms with Gasteiger partial charge in [-0.3, -0.25) is 0 Å². The number of hydrogen-bond donors (Lipinski definition) is 2. The van der Waals surface area contributed by atoms with E-state index < -0.39 is 5.97 Å². The van der Waals surface area contributed by atoms with Crippen molar-refractivity contribution in [2.75, 3.05) is 19.5 Å². The van der Waals surface area contributed by atoms with Crippen LogP contribution in [0.2, 0.25) is 0 Å². The number of ether oxygens (including phenoxy) is 2. The number of carbonyl (C=O) groups is 1. The average Bonchev–Trinajstić information content (AvgIpc) is 2.30. The van der Waals surface area contributed by atoms with Crippen molar-refractivity contribution < 1.29 is 19.4 Å². The summed E-state index contributed by atoms with van der Waals surface area (Å²) in [6.07, 6.45) is 1.98. The molecule has 0 aromatic carbocycles. The Hall–Kier alpha value is -1.82. The van der Waals surface area contributed by atoms with Gasteiger partial charge in [-0.25, -0.2) is 9.78 Å². The summed E-state index contributed by atoms with van der Waals surface area (Å²) in [5.41, 5.74) is 5.41. The molecule has 6 nitrogen and oxygen atoms in total. The Bertz CT molecular complexity index is 432. The zero-order valence-corrected chi connectivity index (χ0v) is 10.8. The Morgan fingerprint density at radius 1 is 1.56 bits per heavy atom. The molecule has 0 spiro atoms. The monoisotopic (exact) mass is 254 g/mol. The quantitative estimate of drug-likeness (QED) is 0.799. The molecule has 0 amide bonds. The SMILES string of the molecule is COC(C)(C)CCOc1ncc(N)cc1C(=O)O. The Morgan fingerprint density at radius 3 is 2.78 bits per heavy atom. The lowest BCUT2D eigenvalue weighted by Crippen LogP contribution is -2.25. The summed E-state index contributed by atoms with van der Waals surface area (Å²) in [7, 11) is 1.62. The molecule has 0 bridgehead atoms. The van der Waals surface area contributed by atoms with Crippen LogP contribution >= 0.6 is 0 Å². The van der Waals surface area contributed by atoms with Crippen LogP contribution in [-0.4, -0.2) is 35.4 Å². The van der Waals surface area contributed by atoms with Crippen molar-refractivity contribution in [1.82, 2.24) is 4.98 Å². The smallest absolute Gasteiger partial charge is 0.341 e. The van der Waals surface area contributed by atoms with E-state index in [0.717, 1.165) is 0 Å². The van der Waals surface area contributed by atoms with Crippen molar-refractivity contribution in [2.45, 2.75) is 25.9 Å². The van der Waals surface area contributed by atoms with Gasteiger partial charge in [0.05, 0.1) is 24.1 Å². The second-order valence-corrected chi connectivity index (χ2v) is 4.49. The molecule has 0 atom stereocenters. The van der Waals surface area contributed by atoms with Crippen LogP contribution in [0.25, 0.3) is 0 Å².